The summed E-state index contributed by atoms with van der Waals surface area (Å²) >= 11 is 1.05. The smallest absolute Gasteiger partial charge is 0.288 e. The highest BCUT2D eigenvalue weighted by Gasteiger charge is 2.29. The van der Waals surface area contributed by atoms with E-state index < -0.39 is 0 Å². The fraction of sp³-hybridized carbons (Fsp3) is 0.308. The molecule has 20 heavy (non-hydrogen) atoms. The van der Waals surface area contributed by atoms with Crippen molar-refractivity contribution in [2.75, 3.05) is 18.9 Å². The number of ether oxygens (including phenoxy) is 1. The lowest BCUT2D eigenvalue weighted by atomic mass is 10.4. The molecule has 2 aromatic rings. The van der Waals surface area contributed by atoms with Gasteiger partial charge in [0.25, 0.3) is 5.24 Å². The third-order valence-corrected chi connectivity index (χ3v) is 3.87. The van der Waals surface area contributed by atoms with E-state index in [2.05, 4.69) is 4.98 Å². The number of hydrogen-bond donors (Lipinski definition) is 0. The van der Waals surface area contributed by atoms with Crippen LogP contribution >= 0.6 is 11.8 Å². The van der Waals surface area contributed by atoms with Gasteiger partial charge >= 0.3 is 0 Å². The zero-order chi connectivity index (χ0) is 13.9. The van der Waals surface area contributed by atoms with Crippen LogP contribution < -0.4 is 4.74 Å². The normalized spacial score (nSPS) is 15.3. The number of carbonyl (C=O) groups is 2. The standard InChI is InChI=1S/C13H13N3O3S/c17-11-9-20-13(18)16(11)6-2-8-19-10-3-1-5-15-7-4-14-12(10)15/h1,3-5,7H,2,6,8-9H2. The number of nitrogens with zero attached hydrogens (tertiary/aromatic N) is 3. The third-order valence-electron chi connectivity index (χ3n) is 3.01. The first-order chi connectivity index (χ1) is 9.75. The quantitative estimate of drug-likeness (QED) is 0.786. The topological polar surface area (TPSA) is 63.9 Å². The molecule has 2 amide bonds. The maximum atomic E-state index is 11.4. The summed E-state index contributed by atoms with van der Waals surface area (Å²) in [5.74, 6) is 0.842. The van der Waals surface area contributed by atoms with Gasteiger partial charge in [-0.3, -0.25) is 14.5 Å². The molecule has 1 fully saturated rings. The fourth-order valence-corrected chi connectivity index (χ4v) is 2.79. The number of rotatable bonds is 5. The highest BCUT2D eigenvalue weighted by Crippen LogP contribution is 2.20. The summed E-state index contributed by atoms with van der Waals surface area (Å²) in [4.78, 5) is 28.3. The van der Waals surface area contributed by atoms with Gasteiger partial charge in [0.05, 0.1) is 12.4 Å². The van der Waals surface area contributed by atoms with Gasteiger partial charge in [0.2, 0.25) is 5.91 Å². The number of amides is 2. The van der Waals surface area contributed by atoms with Crippen LogP contribution in [-0.2, 0) is 4.79 Å². The summed E-state index contributed by atoms with van der Waals surface area (Å²) in [7, 11) is 0. The Balaban J connectivity index is 1.54. The van der Waals surface area contributed by atoms with Gasteiger partial charge in [-0.2, -0.15) is 0 Å². The van der Waals surface area contributed by atoms with E-state index in [-0.39, 0.29) is 16.9 Å². The van der Waals surface area contributed by atoms with Crippen LogP contribution in [0.4, 0.5) is 4.79 Å². The minimum absolute atomic E-state index is 0.115. The lowest BCUT2D eigenvalue weighted by Gasteiger charge is -2.13. The molecule has 0 radical (unpaired) electrons. The lowest BCUT2D eigenvalue weighted by Crippen LogP contribution is -2.30. The summed E-state index contributed by atoms with van der Waals surface area (Å²) in [6.45, 7) is 0.844. The fourth-order valence-electron chi connectivity index (χ4n) is 2.04. The zero-order valence-electron chi connectivity index (χ0n) is 10.7. The minimum Gasteiger partial charge on any atom is -0.490 e. The SMILES string of the molecule is O=C1CSC(=O)N1CCCOc1cccn2ccnc12. The first-order valence-corrected chi connectivity index (χ1v) is 7.26. The molecular formula is C13H13N3O3S. The first-order valence-electron chi connectivity index (χ1n) is 6.27. The molecule has 0 saturated carbocycles. The van der Waals surface area contributed by atoms with Crippen LogP contribution in [0.25, 0.3) is 5.65 Å². The molecule has 1 aliphatic rings. The van der Waals surface area contributed by atoms with Crippen molar-refractivity contribution < 1.29 is 14.3 Å². The Labute approximate surface area is 119 Å². The summed E-state index contributed by atoms with van der Waals surface area (Å²) in [5, 5.41) is -0.162. The van der Waals surface area contributed by atoms with E-state index in [4.69, 9.17) is 4.74 Å². The number of imide groups is 1. The molecule has 0 aliphatic carbocycles. The minimum atomic E-state index is -0.162. The van der Waals surface area contributed by atoms with Crippen LogP contribution in [0, 0.1) is 0 Å². The van der Waals surface area contributed by atoms with Gasteiger partial charge in [-0.25, -0.2) is 4.98 Å². The molecule has 7 heteroatoms. The summed E-state index contributed by atoms with van der Waals surface area (Å²) in [6, 6.07) is 3.73. The Bertz CT molecular complexity index is 639. The highest BCUT2D eigenvalue weighted by atomic mass is 32.2. The molecule has 104 valence electrons. The largest absolute Gasteiger partial charge is 0.490 e. The predicted molar refractivity (Wildman–Crippen MR) is 74.9 cm³/mol. The third kappa shape index (κ3) is 2.49. The van der Waals surface area contributed by atoms with E-state index in [1.54, 1.807) is 6.20 Å². The van der Waals surface area contributed by atoms with Gasteiger partial charge in [0, 0.05) is 25.1 Å². The van der Waals surface area contributed by atoms with Crippen molar-refractivity contribution in [1.82, 2.24) is 14.3 Å². The van der Waals surface area contributed by atoms with Gasteiger partial charge in [-0.1, -0.05) is 11.8 Å². The van der Waals surface area contributed by atoms with Gasteiger partial charge in [-0.15, -0.1) is 0 Å². The van der Waals surface area contributed by atoms with Crippen LogP contribution in [0.1, 0.15) is 6.42 Å². The molecule has 0 atom stereocenters. The number of aromatic nitrogens is 2. The second kappa shape index (κ2) is 5.54. The van der Waals surface area contributed by atoms with E-state index in [1.807, 2.05) is 28.9 Å². The van der Waals surface area contributed by atoms with E-state index in [9.17, 15) is 9.59 Å². The molecule has 1 saturated heterocycles. The summed E-state index contributed by atoms with van der Waals surface area (Å²) in [6.07, 6.45) is 6.07. The predicted octanol–water partition coefficient (Wildman–Crippen LogP) is 1.80. The second-order valence-electron chi connectivity index (χ2n) is 4.33. The first kappa shape index (κ1) is 13.0. The second-order valence-corrected chi connectivity index (χ2v) is 5.26. The van der Waals surface area contributed by atoms with E-state index >= 15 is 0 Å². The average molecular weight is 291 g/mol. The van der Waals surface area contributed by atoms with Crippen LogP contribution in [-0.4, -0.2) is 44.3 Å². The highest BCUT2D eigenvalue weighted by molar-refractivity contribution is 8.14. The van der Waals surface area contributed by atoms with Crippen molar-refractivity contribution in [3.05, 3.63) is 30.7 Å². The molecule has 0 spiro atoms. The molecule has 0 unspecified atom stereocenters. The molecule has 3 rings (SSSR count). The molecule has 1 aliphatic heterocycles. The molecular weight excluding hydrogens is 278 g/mol. The van der Waals surface area contributed by atoms with Crippen LogP contribution in [0.5, 0.6) is 5.75 Å². The molecule has 2 aromatic heterocycles. The van der Waals surface area contributed by atoms with Crippen molar-refractivity contribution in [1.29, 1.82) is 0 Å². The number of hydrogen-bond acceptors (Lipinski definition) is 5. The molecule has 6 nitrogen and oxygen atoms in total. The summed E-state index contributed by atoms with van der Waals surface area (Å²) < 4.78 is 7.54. The van der Waals surface area contributed by atoms with Crippen molar-refractivity contribution in [2.24, 2.45) is 0 Å². The number of imidazole rings is 1. The zero-order valence-corrected chi connectivity index (χ0v) is 11.5. The van der Waals surface area contributed by atoms with Crippen LogP contribution in [0.2, 0.25) is 0 Å². The monoisotopic (exact) mass is 291 g/mol. The molecule has 0 N–H and O–H groups in total. The lowest BCUT2D eigenvalue weighted by molar-refractivity contribution is -0.124. The van der Waals surface area contributed by atoms with Gasteiger partial charge in [0.1, 0.15) is 0 Å². The van der Waals surface area contributed by atoms with E-state index in [0.29, 0.717) is 25.3 Å². The Kier molecular flexibility index (Phi) is 3.60. The Hall–Kier alpha value is -2.02. The summed E-state index contributed by atoms with van der Waals surface area (Å²) in [5.41, 5.74) is 0.761. The van der Waals surface area contributed by atoms with Crippen molar-refractivity contribution in [3.8, 4) is 5.75 Å². The van der Waals surface area contributed by atoms with Gasteiger partial charge in [-0.05, 0) is 18.6 Å². The Morgan fingerprint density at radius 2 is 2.25 bits per heavy atom. The van der Waals surface area contributed by atoms with Crippen LogP contribution in [0.15, 0.2) is 30.7 Å². The van der Waals surface area contributed by atoms with E-state index in [1.165, 1.54) is 4.90 Å². The molecule has 0 aromatic carbocycles. The van der Waals surface area contributed by atoms with Gasteiger partial charge < -0.3 is 9.14 Å². The van der Waals surface area contributed by atoms with Crippen molar-refractivity contribution >= 4 is 28.6 Å². The number of carbonyl (C=O) groups excluding carboxylic acids is 2. The maximum Gasteiger partial charge on any atom is 0.288 e. The van der Waals surface area contributed by atoms with Crippen molar-refractivity contribution in [3.63, 3.8) is 0 Å². The maximum absolute atomic E-state index is 11.4. The Morgan fingerprint density at radius 3 is 3.05 bits per heavy atom. The van der Waals surface area contributed by atoms with Crippen LogP contribution in [0.3, 0.4) is 0 Å². The average Bonchev–Trinajstić information content (AvgIpc) is 3.04. The van der Waals surface area contributed by atoms with Crippen molar-refractivity contribution in [2.45, 2.75) is 6.42 Å². The van der Waals surface area contributed by atoms with E-state index in [0.717, 1.165) is 17.4 Å². The molecule has 0 bridgehead atoms. The number of pyridine rings is 1. The number of thioether (sulfide) groups is 1. The molecule has 3 heterocycles. The Morgan fingerprint density at radius 1 is 1.35 bits per heavy atom. The number of fused-ring (bicyclic) bond motifs is 1. The van der Waals surface area contributed by atoms with Gasteiger partial charge in [0.15, 0.2) is 11.4 Å².